The molecule has 2 aliphatic heterocycles. The zero-order valence-electron chi connectivity index (χ0n) is 23.7. The predicted molar refractivity (Wildman–Crippen MR) is 158 cm³/mol. The van der Waals surface area contributed by atoms with Gasteiger partial charge in [-0.3, -0.25) is 19.5 Å². The Morgan fingerprint density at radius 2 is 1.60 bits per heavy atom. The number of hydrogen-bond acceptors (Lipinski definition) is 6. The van der Waals surface area contributed by atoms with Gasteiger partial charge < -0.3 is 14.7 Å². The summed E-state index contributed by atoms with van der Waals surface area (Å²) in [5, 5.41) is 11.6. The van der Waals surface area contributed by atoms with E-state index in [4.69, 9.17) is 4.74 Å². The summed E-state index contributed by atoms with van der Waals surface area (Å²) in [7, 11) is 0. The number of Topliss-reactive ketones (excluding diaryl/α,β-unsaturated/α-hetero) is 1. The number of aliphatic hydroxyl groups excluding tert-OH is 1. The van der Waals surface area contributed by atoms with E-state index in [-0.39, 0.29) is 16.7 Å². The van der Waals surface area contributed by atoms with Crippen LogP contribution in [0.4, 0.5) is 11.4 Å². The van der Waals surface area contributed by atoms with Crippen LogP contribution in [0.1, 0.15) is 69.7 Å². The molecular formula is C33H37N3O4. The lowest BCUT2D eigenvalue weighted by Gasteiger charge is -2.30. The predicted octanol–water partition coefficient (Wildman–Crippen LogP) is 6.39. The normalized spacial score (nSPS) is 19.2. The zero-order valence-corrected chi connectivity index (χ0v) is 23.7. The molecule has 7 heteroatoms. The smallest absolute Gasteiger partial charge is 0.300 e. The van der Waals surface area contributed by atoms with E-state index in [0.717, 1.165) is 30.1 Å². The van der Waals surface area contributed by atoms with E-state index in [2.05, 4.69) is 30.7 Å². The molecule has 0 radical (unpaired) electrons. The van der Waals surface area contributed by atoms with Crippen molar-refractivity contribution in [2.45, 2.75) is 58.4 Å². The fraction of sp³-hybridized carbons (Fsp3) is 0.364. The van der Waals surface area contributed by atoms with Gasteiger partial charge >= 0.3 is 0 Å². The number of piperidine rings is 1. The lowest BCUT2D eigenvalue weighted by atomic mass is 9.84. The van der Waals surface area contributed by atoms with E-state index in [9.17, 15) is 14.7 Å². The number of carbonyl (C=O) groups excluding carboxylic acids is 2. The quantitative estimate of drug-likeness (QED) is 0.222. The molecular weight excluding hydrogens is 502 g/mol. The maximum absolute atomic E-state index is 13.6. The first-order valence-electron chi connectivity index (χ1n) is 14.0. The lowest BCUT2D eigenvalue weighted by Crippen LogP contribution is -2.30. The lowest BCUT2D eigenvalue weighted by molar-refractivity contribution is -0.132. The van der Waals surface area contributed by atoms with Crippen LogP contribution < -0.4 is 14.5 Å². The van der Waals surface area contributed by atoms with Crippen LogP contribution in [0.2, 0.25) is 0 Å². The number of rotatable bonds is 6. The van der Waals surface area contributed by atoms with Crippen LogP contribution in [-0.4, -0.2) is 41.5 Å². The molecule has 2 saturated heterocycles. The second-order valence-corrected chi connectivity index (χ2v) is 11.4. The Hall–Kier alpha value is -4.13. The first kappa shape index (κ1) is 27.4. The molecule has 0 saturated carbocycles. The molecule has 2 aromatic carbocycles. The number of amides is 1. The van der Waals surface area contributed by atoms with Crippen molar-refractivity contribution in [1.29, 1.82) is 0 Å². The molecule has 5 rings (SSSR count). The van der Waals surface area contributed by atoms with Crippen LogP contribution in [0.5, 0.6) is 5.75 Å². The summed E-state index contributed by atoms with van der Waals surface area (Å²) in [5.74, 6) is -0.866. The molecule has 3 aromatic rings. The first-order valence-corrected chi connectivity index (χ1v) is 14.0. The van der Waals surface area contributed by atoms with Gasteiger partial charge in [-0.15, -0.1) is 0 Å². The molecule has 1 aromatic heterocycles. The van der Waals surface area contributed by atoms with Gasteiger partial charge in [-0.25, -0.2) is 0 Å². The Labute approximate surface area is 236 Å². The number of carbonyl (C=O) groups is 2. The molecule has 7 nitrogen and oxygen atoms in total. The number of hydrogen-bond donors (Lipinski definition) is 1. The fourth-order valence-electron chi connectivity index (χ4n) is 5.64. The standard InChI is InChI=1S/C33H37N3O4/c1-5-40-27-14-9-23(21-26(27)33(2,3)4)30(37)28-29(22-15-17-34-18-16-22)36(32(39)31(28)38)25-12-10-24(11-13-25)35-19-7-6-8-20-35/h9-18,21,29,37H,5-8,19-20H2,1-4H3/b30-28-. The maximum Gasteiger partial charge on any atom is 0.300 e. The van der Waals surface area contributed by atoms with E-state index in [1.54, 1.807) is 30.6 Å². The maximum atomic E-state index is 13.6. The third-order valence-corrected chi connectivity index (χ3v) is 7.68. The highest BCUT2D eigenvalue weighted by molar-refractivity contribution is 6.51. The molecule has 40 heavy (non-hydrogen) atoms. The summed E-state index contributed by atoms with van der Waals surface area (Å²) < 4.78 is 5.84. The molecule has 2 aliphatic rings. The Bertz CT molecular complexity index is 1420. The molecule has 1 amide bonds. The molecule has 0 aliphatic carbocycles. The van der Waals surface area contributed by atoms with Crippen LogP contribution >= 0.6 is 0 Å². The Morgan fingerprint density at radius 1 is 0.950 bits per heavy atom. The van der Waals surface area contributed by atoms with Gasteiger partial charge in [-0.1, -0.05) is 20.8 Å². The van der Waals surface area contributed by atoms with Gasteiger partial charge in [-0.2, -0.15) is 0 Å². The van der Waals surface area contributed by atoms with Crippen LogP contribution in [0.3, 0.4) is 0 Å². The molecule has 0 spiro atoms. The van der Waals surface area contributed by atoms with Gasteiger partial charge in [0, 0.05) is 48.0 Å². The third kappa shape index (κ3) is 5.20. The van der Waals surface area contributed by atoms with Gasteiger partial charge in [0.25, 0.3) is 11.7 Å². The highest BCUT2D eigenvalue weighted by Gasteiger charge is 2.47. The summed E-state index contributed by atoms with van der Waals surface area (Å²) in [6.07, 6.45) is 6.84. The minimum absolute atomic E-state index is 0.0559. The highest BCUT2D eigenvalue weighted by atomic mass is 16.5. The SMILES string of the molecule is CCOc1ccc(/C(O)=C2/C(=O)C(=O)N(c3ccc(N4CCCCC4)cc3)C2c2ccncc2)cc1C(C)(C)C. The summed E-state index contributed by atoms with van der Waals surface area (Å²) in [4.78, 5) is 35.1. The summed E-state index contributed by atoms with van der Waals surface area (Å²) >= 11 is 0. The van der Waals surface area contributed by atoms with Gasteiger partial charge in [0.05, 0.1) is 18.2 Å². The highest BCUT2D eigenvalue weighted by Crippen LogP contribution is 2.43. The minimum Gasteiger partial charge on any atom is -0.507 e. The van der Waals surface area contributed by atoms with Gasteiger partial charge in [-0.05, 0) is 91.8 Å². The number of ketones is 1. The number of ether oxygens (including phenoxy) is 1. The van der Waals surface area contributed by atoms with E-state index in [1.165, 1.54) is 24.2 Å². The molecule has 1 unspecified atom stereocenters. The molecule has 3 heterocycles. The molecule has 208 valence electrons. The van der Waals surface area contributed by atoms with Crippen molar-refractivity contribution < 1.29 is 19.4 Å². The monoisotopic (exact) mass is 539 g/mol. The second-order valence-electron chi connectivity index (χ2n) is 11.4. The number of anilines is 2. The Kier molecular flexibility index (Phi) is 7.66. The topological polar surface area (TPSA) is 83.0 Å². The first-order chi connectivity index (χ1) is 19.2. The van der Waals surface area contributed by atoms with E-state index in [1.807, 2.05) is 43.3 Å². The number of aromatic nitrogens is 1. The van der Waals surface area contributed by atoms with E-state index in [0.29, 0.717) is 23.4 Å². The molecule has 1 N–H and O–H groups in total. The van der Waals surface area contributed by atoms with Crippen molar-refractivity contribution in [3.05, 3.63) is 89.3 Å². The molecule has 1 atom stereocenters. The number of benzene rings is 2. The van der Waals surface area contributed by atoms with Crippen molar-refractivity contribution in [2.75, 3.05) is 29.5 Å². The average molecular weight is 540 g/mol. The Balaban J connectivity index is 1.61. The van der Waals surface area contributed by atoms with Crippen molar-refractivity contribution in [3.63, 3.8) is 0 Å². The summed E-state index contributed by atoms with van der Waals surface area (Å²) in [5.41, 5.74) is 3.55. The van der Waals surface area contributed by atoms with Crippen molar-refractivity contribution in [3.8, 4) is 5.75 Å². The van der Waals surface area contributed by atoms with E-state index < -0.39 is 17.7 Å². The van der Waals surface area contributed by atoms with Crippen LogP contribution in [-0.2, 0) is 15.0 Å². The second kappa shape index (κ2) is 11.2. The molecule has 2 fully saturated rings. The van der Waals surface area contributed by atoms with E-state index >= 15 is 0 Å². The fourth-order valence-corrected chi connectivity index (χ4v) is 5.64. The Morgan fingerprint density at radius 3 is 2.23 bits per heavy atom. The van der Waals surface area contributed by atoms with Crippen molar-refractivity contribution >= 4 is 28.8 Å². The third-order valence-electron chi connectivity index (χ3n) is 7.68. The van der Waals surface area contributed by atoms with Crippen molar-refractivity contribution in [1.82, 2.24) is 4.98 Å². The molecule has 0 bridgehead atoms. The number of aliphatic hydroxyl groups is 1. The van der Waals surface area contributed by atoms with Crippen LogP contribution in [0.15, 0.2) is 72.6 Å². The summed E-state index contributed by atoms with van der Waals surface area (Å²) in [6, 6.07) is 15.9. The van der Waals surface area contributed by atoms with Crippen LogP contribution in [0.25, 0.3) is 5.76 Å². The van der Waals surface area contributed by atoms with Gasteiger partial charge in [0.1, 0.15) is 11.5 Å². The average Bonchev–Trinajstić information content (AvgIpc) is 3.23. The minimum atomic E-state index is -0.798. The largest absolute Gasteiger partial charge is 0.507 e. The van der Waals surface area contributed by atoms with Gasteiger partial charge in [0.15, 0.2) is 0 Å². The van der Waals surface area contributed by atoms with Crippen molar-refractivity contribution in [2.24, 2.45) is 0 Å². The van der Waals surface area contributed by atoms with Crippen LogP contribution in [0, 0.1) is 0 Å². The zero-order chi connectivity index (χ0) is 28.4. The summed E-state index contributed by atoms with van der Waals surface area (Å²) in [6.45, 7) is 10.7. The number of pyridine rings is 1. The van der Waals surface area contributed by atoms with Gasteiger partial charge in [0.2, 0.25) is 0 Å². The number of nitrogens with zero attached hydrogens (tertiary/aromatic N) is 3.